The maximum Gasteiger partial charge on any atom is 0.227 e. The van der Waals surface area contributed by atoms with Crippen LogP contribution >= 0.6 is 15.9 Å². The summed E-state index contributed by atoms with van der Waals surface area (Å²) < 4.78 is 8.97. The van der Waals surface area contributed by atoms with Crippen molar-refractivity contribution in [2.75, 3.05) is 0 Å². The van der Waals surface area contributed by atoms with E-state index in [-0.39, 0.29) is 0 Å². The summed E-state index contributed by atoms with van der Waals surface area (Å²) in [6, 6.07) is 18.0. The van der Waals surface area contributed by atoms with Crippen LogP contribution in [0.5, 0.6) is 0 Å². The third-order valence-electron chi connectivity index (χ3n) is 3.37. The summed E-state index contributed by atoms with van der Waals surface area (Å²) in [5.74, 6) is 0.641. The molecule has 3 nitrogen and oxygen atoms in total. The van der Waals surface area contributed by atoms with Gasteiger partial charge in [-0.25, -0.2) is 4.98 Å². The van der Waals surface area contributed by atoms with E-state index >= 15 is 0 Å². The van der Waals surface area contributed by atoms with Crippen molar-refractivity contribution in [3.8, 4) is 17.1 Å². The first-order valence-electron chi connectivity index (χ1n) is 6.59. The number of halogens is 1. The van der Waals surface area contributed by atoms with Crippen molar-refractivity contribution in [3.05, 3.63) is 71.5 Å². The highest BCUT2D eigenvalue weighted by molar-refractivity contribution is 9.10. The van der Waals surface area contributed by atoms with Gasteiger partial charge in [-0.1, -0.05) is 15.9 Å². The third-order valence-corrected chi connectivity index (χ3v) is 3.89. The fourth-order valence-corrected chi connectivity index (χ4v) is 2.56. The number of nitrogens with zero attached hydrogens (tertiary/aromatic N) is 2. The molecular formula is C17H11BrN2O. The number of rotatable bonds is 2. The zero-order valence-corrected chi connectivity index (χ0v) is 12.6. The second-order valence-electron chi connectivity index (χ2n) is 4.77. The molecule has 0 aliphatic rings. The maximum atomic E-state index is 5.89. The zero-order chi connectivity index (χ0) is 14.2. The zero-order valence-electron chi connectivity index (χ0n) is 11.0. The van der Waals surface area contributed by atoms with E-state index in [0.29, 0.717) is 5.89 Å². The summed E-state index contributed by atoms with van der Waals surface area (Å²) in [5, 5.41) is 0. The lowest BCUT2D eigenvalue weighted by Gasteiger charge is -2.00. The van der Waals surface area contributed by atoms with Gasteiger partial charge in [0.15, 0.2) is 5.58 Å². The molecule has 2 aromatic heterocycles. The van der Waals surface area contributed by atoms with Crippen LogP contribution in [0.4, 0.5) is 0 Å². The van der Waals surface area contributed by atoms with E-state index in [1.165, 1.54) is 0 Å². The van der Waals surface area contributed by atoms with Gasteiger partial charge in [0.1, 0.15) is 5.52 Å². The average Bonchev–Trinajstić information content (AvgIpc) is 3.16. The Labute approximate surface area is 130 Å². The molecule has 0 bridgehead atoms. The van der Waals surface area contributed by atoms with Crippen molar-refractivity contribution < 1.29 is 4.42 Å². The van der Waals surface area contributed by atoms with E-state index in [4.69, 9.17) is 4.42 Å². The molecule has 0 aliphatic heterocycles. The standard InChI is InChI=1S/C17H11BrN2O/c18-13-5-3-12(4-6-13)17-19-15-8-7-14(11-16(15)21-17)20-9-1-2-10-20/h1-11H. The van der Waals surface area contributed by atoms with Gasteiger partial charge in [0, 0.05) is 34.2 Å². The number of aromatic nitrogens is 2. The smallest absolute Gasteiger partial charge is 0.227 e. The minimum atomic E-state index is 0.641. The molecule has 4 aromatic rings. The number of hydrogen-bond donors (Lipinski definition) is 0. The first-order valence-corrected chi connectivity index (χ1v) is 7.39. The van der Waals surface area contributed by atoms with Crippen LogP contribution in [-0.2, 0) is 0 Å². The summed E-state index contributed by atoms with van der Waals surface area (Å²) >= 11 is 3.43. The summed E-state index contributed by atoms with van der Waals surface area (Å²) in [7, 11) is 0. The number of hydrogen-bond acceptors (Lipinski definition) is 2. The molecule has 21 heavy (non-hydrogen) atoms. The van der Waals surface area contributed by atoms with Crippen LogP contribution < -0.4 is 0 Å². The molecule has 2 aromatic carbocycles. The highest BCUT2D eigenvalue weighted by atomic mass is 79.9. The molecule has 0 aliphatic carbocycles. The number of fused-ring (bicyclic) bond motifs is 1. The molecule has 4 heteroatoms. The molecule has 0 unspecified atom stereocenters. The van der Waals surface area contributed by atoms with Gasteiger partial charge < -0.3 is 8.98 Å². The van der Waals surface area contributed by atoms with Gasteiger partial charge in [-0.05, 0) is 48.5 Å². The molecule has 0 saturated carbocycles. The molecular weight excluding hydrogens is 328 g/mol. The quantitative estimate of drug-likeness (QED) is 0.512. The monoisotopic (exact) mass is 338 g/mol. The van der Waals surface area contributed by atoms with E-state index < -0.39 is 0 Å². The van der Waals surface area contributed by atoms with Crippen LogP contribution in [0.2, 0.25) is 0 Å². The van der Waals surface area contributed by atoms with Crippen molar-refractivity contribution in [2.45, 2.75) is 0 Å². The fraction of sp³-hybridized carbons (Fsp3) is 0. The Kier molecular flexibility index (Phi) is 2.89. The Morgan fingerprint density at radius 2 is 1.71 bits per heavy atom. The van der Waals surface area contributed by atoms with Crippen molar-refractivity contribution in [2.24, 2.45) is 0 Å². The second kappa shape index (κ2) is 4.90. The fourth-order valence-electron chi connectivity index (χ4n) is 2.30. The van der Waals surface area contributed by atoms with Crippen LogP contribution in [0.15, 0.2) is 75.9 Å². The van der Waals surface area contributed by atoms with E-state index in [1.807, 2.05) is 71.6 Å². The van der Waals surface area contributed by atoms with Crippen molar-refractivity contribution in [3.63, 3.8) is 0 Å². The maximum absolute atomic E-state index is 5.89. The van der Waals surface area contributed by atoms with E-state index in [2.05, 4.69) is 20.9 Å². The van der Waals surface area contributed by atoms with Gasteiger partial charge in [0.2, 0.25) is 5.89 Å². The van der Waals surface area contributed by atoms with Crippen molar-refractivity contribution in [1.29, 1.82) is 0 Å². The average molecular weight is 339 g/mol. The second-order valence-corrected chi connectivity index (χ2v) is 5.68. The van der Waals surface area contributed by atoms with Gasteiger partial charge in [-0.15, -0.1) is 0 Å². The van der Waals surface area contributed by atoms with E-state index in [0.717, 1.165) is 26.8 Å². The van der Waals surface area contributed by atoms with Gasteiger partial charge in [0.25, 0.3) is 0 Å². The third kappa shape index (κ3) is 2.28. The van der Waals surface area contributed by atoms with Crippen LogP contribution in [0.25, 0.3) is 28.2 Å². The minimum Gasteiger partial charge on any atom is -0.436 e. The largest absolute Gasteiger partial charge is 0.436 e. The Hall–Kier alpha value is -2.33. The lowest BCUT2D eigenvalue weighted by molar-refractivity contribution is 0.619. The van der Waals surface area contributed by atoms with Crippen molar-refractivity contribution in [1.82, 2.24) is 9.55 Å². The van der Waals surface area contributed by atoms with Crippen molar-refractivity contribution >= 4 is 27.0 Å². The van der Waals surface area contributed by atoms with Crippen LogP contribution in [0.1, 0.15) is 0 Å². The van der Waals surface area contributed by atoms with E-state index in [1.54, 1.807) is 0 Å². The first-order chi connectivity index (χ1) is 10.3. The molecule has 0 radical (unpaired) electrons. The molecule has 0 N–H and O–H groups in total. The van der Waals surface area contributed by atoms with Gasteiger partial charge in [-0.3, -0.25) is 0 Å². The summed E-state index contributed by atoms with van der Waals surface area (Å²) in [5.41, 5.74) is 3.69. The Balaban J connectivity index is 1.81. The Morgan fingerprint density at radius 1 is 0.952 bits per heavy atom. The van der Waals surface area contributed by atoms with Gasteiger partial charge in [0.05, 0.1) is 0 Å². The minimum absolute atomic E-state index is 0.641. The SMILES string of the molecule is Brc1ccc(-c2nc3ccc(-n4cccc4)cc3o2)cc1. The normalized spacial score (nSPS) is 11.1. The highest BCUT2D eigenvalue weighted by Gasteiger charge is 2.09. The molecule has 0 amide bonds. The molecule has 0 spiro atoms. The highest BCUT2D eigenvalue weighted by Crippen LogP contribution is 2.26. The number of benzene rings is 2. The molecule has 0 atom stereocenters. The molecule has 0 fully saturated rings. The molecule has 2 heterocycles. The summed E-state index contributed by atoms with van der Waals surface area (Å²) in [6.07, 6.45) is 4.01. The van der Waals surface area contributed by atoms with Gasteiger partial charge in [-0.2, -0.15) is 0 Å². The molecule has 102 valence electrons. The summed E-state index contributed by atoms with van der Waals surface area (Å²) in [6.45, 7) is 0. The Bertz CT molecular complexity index is 892. The summed E-state index contributed by atoms with van der Waals surface area (Å²) in [4.78, 5) is 4.54. The lowest BCUT2D eigenvalue weighted by Crippen LogP contribution is -1.87. The molecule has 0 saturated heterocycles. The van der Waals surface area contributed by atoms with E-state index in [9.17, 15) is 0 Å². The molecule has 4 rings (SSSR count). The van der Waals surface area contributed by atoms with Crippen LogP contribution in [0.3, 0.4) is 0 Å². The first kappa shape index (κ1) is 12.4. The predicted octanol–water partition coefficient (Wildman–Crippen LogP) is 5.05. The van der Waals surface area contributed by atoms with Gasteiger partial charge >= 0.3 is 0 Å². The lowest BCUT2D eigenvalue weighted by atomic mass is 10.2. The predicted molar refractivity (Wildman–Crippen MR) is 86.5 cm³/mol. The Morgan fingerprint density at radius 3 is 2.48 bits per heavy atom. The topological polar surface area (TPSA) is 31.0 Å². The van der Waals surface area contributed by atoms with Crippen LogP contribution in [0, 0.1) is 0 Å². The van der Waals surface area contributed by atoms with Crippen LogP contribution in [-0.4, -0.2) is 9.55 Å². The number of oxazole rings is 1.